The van der Waals surface area contributed by atoms with Gasteiger partial charge in [-0.15, -0.1) is 0 Å². The molecule has 4 nitrogen and oxygen atoms in total. The molecule has 0 aliphatic rings. The van der Waals surface area contributed by atoms with Crippen LogP contribution in [0.1, 0.15) is 11.3 Å². The lowest BCUT2D eigenvalue weighted by atomic mass is 10.3. The Morgan fingerprint density at radius 2 is 2.00 bits per heavy atom. The van der Waals surface area contributed by atoms with Gasteiger partial charge in [0.1, 0.15) is 17.8 Å². The maximum atomic E-state index is 8.89. The molecule has 15 heavy (non-hydrogen) atoms. The fraction of sp³-hybridized carbons (Fsp3) is 0. The molecular formula is C11H6N4. The Kier molecular flexibility index (Phi) is 2.19. The third-order valence-corrected chi connectivity index (χ3v) is 2.00. The van der Waals surface area contributed by atoms with Gasteiger partial charge in [-0.3, -0.25) is 4.57 Å². The Balaban J connectivity index is 2.66. The van der Waals surface area contributed by atoms with Crippen molar-refractivity contribution in [2.24, 2.45) is 0 Å². The van der Waals surface area contributed by atoms with E-state index >= 15 is 0 Å². The number of hydrogen-bond donors (Lipinski definition) is 0. The first-order valence-electron chi connectivity index (χ1n) is 4.30. The molecule has 70 valence electrons. The summed E-state index contributed by atoms with van der Waals surface area (Å²) in [7, 11) is 0. The summed E-state index contributed by atoms with van der Waals surface area (Å²) in [4.78, 5) is 4.09. The predicted molar refractivity (Wildman–Crippen MR) is 53.0 cm³/mol. The molecular weight excluding hydrogens is 188 g/mol. The molecule has 0 bridgehead atoms. The molecule has 0 spiro atoms. The molecule has 0 aromatic carbocycles. The van der Waals surface area contributed by atoms with E-state index in [-0.39, 0.29) is 0 Å². The minimum atomic E-state index is 0.449. The lowest BCUT2D eigenvalue weighted by molar-refractivity contribution is 0.981. The fourth-order valence-electron chi connectivity index (χ4n) is 1.33. The summed E-state index contributed by atoms with van der Waals surface area (Å²) in [5, 5.41) is 17.7. The molecule has 0 radical (unpaired) electrons. The molecule has 0 fully saturated rings. The van der Waals surface area contributed by atoms with Crippen LogP contribution < -0.4 is 0 Å². The monoisotopic (exact) mass is 194 g/mol. The Morgan fingerprint density at radius 1 is 1.13 bits per heavy atom. The van der Waals surface area contributed by atoms with E-state index in [9.17, 15) is 0 Å². The van der Waals surface area contributed by atoms with E-state index in [2.05, 4.69) is 4.98 Å². The third-order valence-electron chi connectivity index (χ3n) is 2.00. The molecule has 2 heterocycles. The number of nitriles is 2. The molecule has 0 amide bonds. The van der Waals surface area contributed by atoms with E-state index in [1.54, 1.807) is 41.2 Å². The zero-order chi connectivity index (χ0) is 10.7. The average molecular weight is 194 g/mol. The number of hydrogen-bond acceptors (Lipinski definition) is 3. The second kappa shape index (κ2) is 3.65. The first-order chi connectivity index (χ1) is 7.36. The van der Waals surface area contributed by atoms with Gasteiger partial charge in [0.25, 0.3) is 0 Å². The van der Waals surface area contributed by atoms with Crippen molar-refractivity contribution in [1.29, 1.82) is 10.5 Å². The van der Waals surface area contributed by atoms with Crippen molar-refractivity contribution < 1.29 is 0 Å². The molecule has 2 aromatic rings. The summed E-state index contributed by atoms with van der Waals surface area (Å²) in [5.74, 6) is 0.488. The molecule has 0 saturated carbocycles. The third kappa shape index (κ3) is 1.45. The van der Waals surface area contributed by atoms with E-state index in [0.717, 1.165) is 0 Å². The second-order valence-corrected chi connectivity index (χ2v) is 2.86. The van der Waals surface area contributed by atoms with Crippen molar-refractivity contribution >= 4 is 0 Å². The highest BCUT2D eigenvalue weighted by atomic mass is 15.1. The van der Waals surface area contributed by atoms with Gasteiger partial charge in [-0.25, -0.2) is 4.98 Å². The van der Waals surface area contributed by atoms with E-state index in [1.165, 1.54) is 0 Å². The molecule has 0 saturated heterocycles. The fourth-order valence-corrected chi connectivity index (χ4v) is 1.33. The van der Waals surface area contributed by atoms with Gasteiger partial charge in [-0.05, 0) is 24.3 Å². The van der Waals surface area contributed by atoms with Crippen LogP contribution in [0, 0.1) is 22.7 Å². The highest BCUT2D eigenvalue weighted by Gasteiger charge is 2.07. The van der Waals surface area contributed by atoms with E-state index in [4.69, 9.17) is 10.5 Å². The molecule has 0 aliphatic carbocycles. The number of pyridine rings is 1. The number of aromatic nitrogens is 2. The van der Waals surface area contributed by atoms with Gasteiger partial charge in [0.05, 0.1) is 5.56 Å². The van der Waals surface area contributed by atoms with Crippen LogP contribution in [-0.4, -0.2) is 9.55 Å². The van der Waals surface area contributed by atoms with Crippen LogP contribution in [0.25, 0.3) is 5.82 Å². The molecule has 2 aromatic heterocycles. The van der Waals surface area contributed by atoms with Crippen LogP contribution in [0.2, 0.25) is 0 Å². The van der Waals surface area contributed by atoms with Crippen LogP contribution in [0.15, 0.2) is 36.7 Å². The van der Waals surface area contributed by atoms with Gasteiger partial charge in [-0.1, -0.05) is 0 Å². The summed E-state index contributed by atoms with van der Waals surface area (Å²) in [5.41, 5.74) is 0.912. The van der Waals surface area contributed by atoms with Gasteiger partial charge in [-0.2, -0.15) is 10.5 Å². The minimum Gasteiger partial charge on any atom is -0.291 e. The van der Waals surface area contributed by atoms with Gasteiger partial charge < -0.3 is 0 Å². The lowest BCUT2D eigenvalue weighted by Gasteiger charge is -2.04. The standard InChI is InChI=1S/C11H6N4/c12-7-9-3-1-5-14-11(9)15-6-2-4-10(15)8-13/h1-6H. The zero-order valence-electron chi connectivity index (χ0n) is 7.75. The molecule has 0 N–H and O–H groups in total. The zero-order valence-corrected chi connectivity index (χ0v) is 7.75. The summed E-state index contributed by atoms with van der Waals surface area (Å²) in [6.07, 6.45) is 3.30. The van der Waals surface area contributed by atoms with Crippen molar-refractivity contribution in [2.45, 2.75) is 0 Å². The van der Waals surface area contributed by atoms with Crippen LogP contribution in [0.5, 0.6) is 0 Å². The Morgan fingerprint density at radius 3 is 2.73 bits per heavy atom. The van der Waals surface area contributed by atoms with Crippen LogP contribution in [0.3, 0.4) is 0 Å². The highest BCUT2D eigenvalue weighted by Crippen LogP contribution is 2.13. The number of nitrogens with zero attached hydrogens (tertiary/aromatic N) is 4. The SMILES string of the molecule is N#Cc1cccnc1-n1cccc1C#N. The van der Waals surface area contributed by atoms with Crippen molar-refractivity contribution in [3.63, 3.8) is 0 Å². The van der Waals surface area contributed by atoms with Crippen LogP contribution in [0.4, 0.5) is 0 Å². The largest absolute Gasteiger partial charge is 0.291 e. The molecule has 0 aliphatic heterocycles. The summed E-state index contributed by atoms with van der Waals surface area (Å²) in [6, 6.07) is 10.9. The quantitative estimate of drug-likeness (QED) is 0.692. The predicted octanol–water partition coefficient (Wildman–Crippen LogP) is 1.62. The maximum absolute atomic E-state index is 8.89. The first-order valence-corrected chi connectivity index (χ1v) is 4.30. The van der Waals surface area contributed by atoms with Gasteiger partial charge in [0.2, 0.25) is 0 Å². The molecule has 4 heteroatoms. The highest BCUT2D eigenvalue weighted by molar-refractivity contribution is 5.46. The normalized spacial score (nSPS) is 9.20. The Hall–Kier alpha value is -2.59. The number of rotatable bonds is 1. The second-order valence-electron chi connectivity index (χ2n) is 2.86. The van der Waals surface area contributed by atoms with Crippen LogP contribution in [-0.2, 0) is 0 Å². The van der Waals surface area contributed by atoms with Crippen molar-refractivity contribution in [3.8, 4) is 18.0 Å². The van der Waals surface area contributed by atoms with E-state index in [0.29, 0.717) is 17.1 Å². The smallest absolute Gasteiger partial charge is 0.155 e. The molecule has 0 atom stereocenters. The van der Waals surface area contributed by atoms with E-state index < -0.39 is 0 Å². The van der Waals surface area contributed by atoms with Crippen LogP contribution >= 0.6 is 0 Å². The van der Waals surface area contributed by atoms with Gasteiger partial charge in [0, 0.05) is 12.4 Å². The maximum Gasteiger partial charge on any atom is 0.155 e. The molecule has 2 rings (SSSR count). The summed E-state index contributed by atoms with van der Waals surface area (Å²) >= 11 is 0. The van der Waals surface area contributed by atoms with Crippen molar-refractivity contribution in [2.75, 3.05) is 0 Å². The summed E-state index contributed by atoms with van der Waals surface area (Å²) < 4.78 is 1.60. The minimum absolute atomic E-state index is 0.449. The topological polar surface area (TPSA) is 65.4 Å². The van der Waals surface area contributed by atoms with Crippen molar-refractivity contribution in [1.82, 2.24) is 9.55 Å². The first kappa shape index (κ1) is 8.98. The molecule has 0 unspecified atom stereocenters. The van der Waals surface area contributed by atoms with E-state index in [1.807, 2.05) is 12.1 Å². The van der Waals surface area contributed by atoms with Gasteiger partial charge in [0.15, 0.2) is 5.82 Å². The lowest BCUT2D eigenvalue weighted by Crippen LogP contribution is -2.01. The average Bonchev–Trinajstić information content (AvgIpc) is 2.76. The Bertz CT molecular complexity index is 569. The van der Waals surface area contributed by atoms with Gasteiger partial charge >= 0.3 is 0 Å². The van der Waals surface area contributed by atoms with Crippen molar-refractivity contribution in [3.05, 3.63) is 47.9 Å². The summed E-state index contributed by atoms with van der Waals surface area (Å²) in [6.45, 7) is 0. The Labute approximate surface area is 86.6 Å².